The quantitative estimate of drug-likeness (QED) is 0.382. The van der Waals surface area contributed by atoms with Gasteiger partial charge in [-0.2, -0.15) is 0 Å². The first-order valence-corrected chi connectivity index (χ1v) is 10.5. The number of guanidine groups is 1. The zero-order valence-electron chi connectivity index (χ0n) is 17.3. The van der Waals surface area contributed by atoms with Gasteiger partial charge in [0.1, 0.15) is 12.4 Å². The number of nitrogens with one attached hydrogen (secondary N) is 1. The summed E-state index contributed by atoms with van der Waals surface area (Å²) >= 11 is 0. The summed E-state index contributed by atoms with van der Waals surface area (Å²) in [6.07, 6.45) is 3.47. The Labute approximate surface area is 190 Å². The van der Waals surface area contributed by atoms with Crippen LogP contribution in [-0.4, -0.2) is 63.2 Å². The molecule has 1 fully saturated rings. The van der Waals surface area contributed by atoms with Gasteiger partial charge >= 0.3 is 0 Å². The first-order valence-electron chi connectivity index (χ1n) is 10.5. The fraction of sp³-hybridized carbons (Fsp3) is 0.571. The van der Waals surface area contributed by atoms with Crippen LogP contribution in [0.1, 0.15) is 37.0 Å². The number of piperazine rings is 1. The molecular formula is C21H32IN7. The molecule has 0 atom stereocenters. The van der Waals surface area contributed by atoms with Crippen LogP contribution in [0.3, 0.4) is 0 Å². The van der Waals surface area contributed by atoms with Gasteiger partial charge in [-0.25, -0.2) is 4.99 Å². The number of hydrogen-bond acceptors (Lipinski definition) is 4. The Kier molecular flexibility index (Phi) is 8.29. The van der Waals surface area contributed by atoms with Crippen LogP contribution in [0.4, 0.5) is 0 Å². The molecule has 0 amide bonds. The average molecular weight is 509 g/mol. The second kappa shape index (κ2) is 10.9. The van der Waals surface area contributed by atoms with Crippen LogP contribution in [0.5, 0.6) is 0 Å². The molecular weight excluding hydrogens is 477 g/mol. The Balaban J connectivity index is 0.00000240. The lowest BCUT2D eigenvalue weighted by atomic mass is 10.2. The fourth-order valence-electron chi connectivity index (χ4n) is 4.02. The monoisotopic (exact) mass is 509 g/mol. The molecule has 2 aliphatic heterocycles. The van der Waals surface area contributed by atoms with Gasteiger partial charge in [0.25, 0.3) is 0 Å². The third-order valence-electron chi connectivity index (χ3n) is 5.56. The Morgan fingerprint density at radius 2 is 1.83 bits per heavy atom. The summed E-state index contributed by atoms with van der Waals surface area (Å²) in [5.41, 5.74) is 1.38. The predicted molar refractivity (Wildman–Crippen MR) is 126 cm³/mol. The molecule has 7 nitrogen and oxygen atoms in total. The summed E-state index contributed by atoms with van der Waals surface area (Å²) in [4.78, 5) is 9.78. The predicted octanol–water partition coefficient (Wildman–Crippen LogP) is 2.52. The highest BCUT2D eigenvalue weighted by molar-refractivity contribution is 14.0. The van der Waals surface area contributed by atoms with Gasteiger partial charge in [-0.1, -0.05) is 30.3 Å². The molecule has 2 aliphatic rings. The van der Waals surface area contributed by atoms with Gasteiger partial charge in [0.05, 0.1) is 0 Å². The number of nitrogens with zero attached hydrogens (tertiary/aromatic N) is 6. The summed E-state index contributed by atoms with van der Waals surface area (Å²) in [5, 5.41) is 12.2. The number of fused-ring (bicyclic) bond motifs is 1. The zero-order chi connectivity index (χ0) is 19.2. The van der Waals surface area contributed by atoms with Crippen LogP contribution in [0.25, 0.3) is 0 Å². The Morgan fingerprint density at radius 3 is 2.59 bits per heavy atom. The van der Waals surface area contributed by atoms with E-state index < -0.39 is 0 Å². The van der Waals surface area contributed by atoms with Crippen molar-refractivity contribution in [3.05, 3.63) is 47.5 Å². The van der Waals surface area contributed by atoms with Crippen LogP contribution in [-0.2, 0) is 26.1 Å². The normalized spacial score (nSPS) is 17.6. The maximum atomic E-state index is 4.89. The van der Waals surface area contributed by atoms with Crippen LogP contribution in [0, 0.1) is 0 Å². The Hall–Kier alpha value is -1.68. The van der Waals surface area contributed by atoms with Crippen molar-refractivity contribution in [2.45, 2.75) is 45.8 Å². The average Bonchev–Trinajstić information content (AvgIpc) is 3.16. The summed E-state index contributed by atoms with van der Waals surface area (Å²) < 4.78 is 2.26. The molecule has 0 bridgehead atoms. The summed E-state index contributed by atoms with van der Waals surface area (Å²) in [5.74, 6) is 3.11. The number of hydrogen-bond donors (Lipinski definition) is 1. The van der Waals surface area contributed by atoms with E-state index in [1.54, 1.807) is 0 Å². The molecule has 0 radical (unpaired) electrons. The van der Waals surface area contributed by atoms with Gasteiger partial charge in [0, 0.05) is 52.2 Å². The molecule has 1 N–H and O–H groups in total. The van der Waals surface area contributed by atoms with Crippen molar-refractivity contribution >= 4 is 29.9 Å². The van der Waals surface area contributed by atoms with Gasteiger partial charge in [-0.15, -0.1) is 34.2 Å². The number of benzene rings is 1. The molecule has 8 heteroatoms. The fourth-order valence-corrected chi connectivity index (χ4v) is 4.02. The first kappa shape index (κ1) is 22.0. The maximum Gasteiger partial charge on any atom is 0.194 e. The van der Waals surface area contributed by atoms with Crippen LogP contribution >= 0.6 is 24.0 Å². The highest BCUT2D eigenvalue weighted by Gasteiger charge is 2.20. The van der Waals surface area contributed by atoms with Crippen LogP contribution < -0.4 is 5.32 Å². The minimum Gasteiger partial charge on any atom is -0.357 e. The minimum absolute atomic E-state index is 0. The van der Waals surface area contributed by atoms with Crippen LogP contribution in [0.2, 0.25) is 0 Å². The number of halogens is 1. The lowest BCUT2D eigenvalue weighted by Gasteiger charge is -2.36. The van der Waals surface area contributed by atoms with E-state index in [4.69, 9.17) is 4.99 Å². The molecule has 0 spiro atoms. The summed E-state index contributed by atoms with van der Waals surface area (Å²) in [6, 6.07) is 10.7. The van der Waals surface area contributed by atoms with Crippen molar-refractivity contribution < 1.29 is 0 Å². The van der Waals surface area contributed by atoms with E-state index in [1.807, 2.05) is 0 Å². The molecule has 158 valence electrons. The van der Waals surface area contributed by atoms with E-state index in [0.717, 1.165) is 69.8 Å². The number of aryl methyl sites for hydroxylation is 1. The van der Waals surface area contributed by atoms with Gasteiger partial charge in [-0.05, 0) is 25.3 Å². The van der Waals surface area contributed by atoms with Crippen molar-refractivity contribution in [3.8, 4) is 0 Å². The van der Waals surface area contributed by atoms with Crippen molar-refractivity contribution in [3.63, 3.8) is 0 Å². The van der Waals surface area contributed by atoms with Crippen molar-refractivity contribution in [1.29, 1.82) is 0 Å². The lowest BCUT2D eigenvalue weighted by Crippen LogP contribution is -2.52. The molecule has 3 heterocycles. The number of aromatic nitrogens is 3. The van der Waals surface area contributed by atoms with Gasteiger partial charge in [0.15, 0.2) is 11.8 Å². The molecule has 1 aromatic carbocycles. The summed E-state index contributed by atoms with van der Waals surface area (Å²) in [7, 11) is 0. The second-order valence-electron chi connectivity index (χ2n) is 7.56. The molecule has 2 aromatic rings. The number of aliphatic imine (C=N–C) groups is 1. The van der Waals surface area contributed by atoms with E-state index in [1.165, 1.54) is 18.4 Å². The molecule has 0 aliphatic carbocycles. The summed E-state index contributed by atoms with van der Waals surface area (Å²) in [6.45, 7) is 9.75. The van der Waals surface area contributed by atoms with E-state index in [0.29, 0.717) is 6.54 Å². The highest BCUT2D eigenvalue weighted by Crippen LogP contribution is 2.15. The standard InChI is InChI=1S/C21H31N7.HI/c1-2-22-21(23-16-20-25-24-19-10-6-7-11-28(19)20)27-14-12-26(13-15-27)17-18-8-4-3-5-9-18;/h3-5,8-9H,2,6-7,10-17H2,1H3,(H,22,23);1H. The smallest absolute Gasteiger partial charge is 0.194 e. The first-order chi connectivity index (χ1) is 13.8. The molecule has 1 saturated heterocycles. The lowest BCUT2D eigenvalue weighted by molar-refractivity contribution is 0.172. The third kappa shape index (κ3) is 5.69. The third-order valence-corrected chi connectivity index (χ3v) is 5.56. The minimum atomic E-state index is 0. The van der Waals surface area contributed by atoms with Crippen molar-refractivity contribution in [2.24, 2.45) is 4.99 Å². The SMILES string of the molecule is CCNC(=NCc1nnc2n1CCCC2)N1CCN(Cc2ccccc2)CC1.I. The highest BCUT2D eigenvalue weighted by atomic mass is 127. The Bertz CT molecular complexity index is 782. The van der Waals surface area contributed by atoms with Gasteiger partial charge in [0.2, 0.25) is 0 Å². The van der Waals surface area contributed by atoms with E-state index in [2.05, 4.69) is 67.1 Å². The molecule has 0 saturated carbocycles. The van der Waals surface area contributed by atoms with Gasteiger partial charge in [-0.3, -0.25) is 4.90 Å². The number of rotatable bonds is 5. The van der Waals surface area contributed by atoms with E-state index in [-0.39, 0.29) is 24.0 Å². The van der Waals surface area contributed by atoms with E-state index in [9.17, 15) is 0 Å². The second-order valence-corrected chi connectivity index (χ2v) is 7.56. The molecule has 29 heavy (non-hydrogen) atoms. The molecule has 0 unspecified atom stereocenters. The Morgan fingerprint density at radius 1 is 1.03 bits per heavy atom. The largest absolute Gasteiger partial charge is 0.357 e. The van der Waals surface area contributed by atoms with Gasteiger partial charge < -0.3 is 14.8 Å². The zero-order valence-corrected chi connectivity index (χ0v) is 19.6. The van der Waals surface area contributed by atoms with Crippen LogP contribution in [0.15, 0.2) is 35.3 Å². The van der Waals surface area contributed by atoms with Crippen molar-refractivity contribution in [2.75, 3.05) is 32.7 Å². The maximum absolute atomic E-state index is 4.89. The van der Waals surface area contributed by atoms with Crippen molar-refractivity contribution in [1.82, 2.24) is 29.9 Å². The van der Waals surface area contributed by atoms with E-state index >= 15 is 0 Å². The molecule has 4 rings (SSSR count). The molecule has 1 aromatic heterocycles. The topological polar surface area (TPSA) is 61.6 Å².